The predicted molar refractivity (Wildman–Crippen MR) is 91.8 cm³/mol. The van der Waals surface area contributed by atoms with Crippen molar-refractivity contribution in [2.24, 2.45) is 23.7 Å². The van der Waals surface area contributed by atoms with Gasteiger partial charge in [0.1, 0.15) is 0 Å². The van der Waals surface area contributed by atoms with Crippen molar-refractivity contribution in [3.05, 3.63) is 57.2 Å². The average Bonchev–Trinajstić information content (AvgIpc) is 3.18. The number of anilines is 1. The summed E-state index contributed by atoms with van der Waals surface area (Å²) in [5.74, 6) is -1.30. The van der Waals surface area contributed by atoms with Gasteiger partial charge < -0.3 is 0 Å². The van der Waals surface area contributed by atoms with Gasteiger partial charge in [0, 0.05) is 24.0 Å². The molecule has 2 bridgehead atoms. The Labute approximate surface area is 145 Å². The van der Waals surface area contributed by atoms with Crippen molar-refractivity contribution in [1.29, 1.82) is 0 Å². The third-order valence-corrected chi connectivity index (χ3v) is 5.64. The highest BCUT2D eigenvalue weighted by Gasteiger charge is 2.62. The number of amides is 2. The molecule has 0 aromatic heterocycles. The highest BCUT2D eigenvalue weighted by molar-refractivity contribution is 6.23. The number of hydrogen-bond donors (Lipinski definition) is 0. The first-order chi connectivity index (χ1) is 11.8. The Hall–Kier alpha value is -2.76. The zero-order valence-corrected chi connectivity index (χ0v) is 14.2. The van der Waals surface area contributed by atoms with Crippen molar-refractivity contribution in [2.75, 3.05) is 4.90 Å². The first kappa shape index (κ1) is 15.7. The van der Waals surface area contributed by atoms with Crippen molar-refractivity contribution < 1.29 is 14.5 Å². The Bertz CT molecular complexity index is 861. The highest BCUT2D eigenvalue weighted by Crippen LogP contribution is 2.57. The Morgan fingerprint density at radius 2 is 1.64 bits per heavy atom. The van der Waals surface area contributed by atoms with E-state index in [2.05, 4.69) is 0 Å². The fraction of sp³-hybridized carbons (Fsp3) is 0.368. The summed E-state index contributed by atoms with van der Waals surface area (Å²) in [7, 11) is 0. The van der Waals surface area contributed by atoms with Gasteiger partial charge in [-0.15, -0.1) is 0 Å². The van der Waals surface area contributed by atoms with E-state index in [0.717, 1.165) is 5.57 Å². The van der Waals surface area contributed by atoms with Gasteiger partial charge in [-0.3, -0.25) is 19.7 Å². The maximum atomic E-state index is 13.1. The molecule has 3 aliphatic rings. The Morgan fingerprint density at radius 1 is 1.08 bits per heavy atom. The van der Waals surface area contributed by atoms with Crippen LogP contribution in [-0.4, -0.2) is 16.7 Å². The van der Waals surface area contributed by atoms with Crippen LogP contribution in [0.1, 0.15) is 19.4 Å². The maximum Gasteiger partial charge on any atom is 0.271 e. The van der Waals surface area contributed by atoms with Crippen molar-refractivity contribution in [2.45, 2.75) is 20.8 Å². The van der Waals surface area contributed by atoms with Crippen LogP contribution in [0.4, 0.5) is 11.4 Å². The molecule has 0 radical (unpaired) electrons. The summed E-state index contributed by atoms with van der Waals surface area (Å²) in [5, 5.41) is 11.1. The lowest BCUT2D eigenvalue weighted by Crippen LogP contribution is -2.33. The van der Waals surface area contributed by atoms with Crippen molar-refractivity contribution >= 4 is 23.2 Å². The van der Waals surface area contributed by atoms with E-state index < -0.39 is 4.92 Å². The highest BCUT2D eigenvalue weighted by atomic mass is 16.6. The maximum absolute atomic E-state index is 13.1. The molecule has 4 rings (SSSR count). The molecule has 128 valence electrons. The zero-order valence-electron chi connectivity index (χ0n) is 14.2. The van der Waals surface area contributed by atoms with Crippen LogP contribution in [0.2, 0.25) is 0 Å². The number of nitrogens with zero attached hydrogens (tertiary/aromatic N) is 2. The average molecular weight is 338 g/mol. The molecule has 1 saturated carbocycles. The van der Waals surface area contributed by atoms with E-state index in [-0.39, 0.29) is 41.2 Å². The number of imide groups is 1. The fourth-order valence-electron chi connectivity index (χ4n) is 4.62. The van der Waals surface area contributed by atoms with Gasteiger partial charge in [-0.05, 0) is 26.3 Å². The van der Waals surface area contributed by atoms with E-state index in [1.807, 2.05) is 26.0 Å². The van der Waals surface area contributed by atoms with Crippen LogP contribution >= 0.6 is 0 Å². The number of allylic oxidation sites excluding steroid dienone is 4. The monoisotopic (exact) mass is 338 g/mol. The molecule has 1 aromatic carbocycles. The summed E-state index contributed by atoms with van der Waals surface area (Å²) in [6.07, 6.45) is 4.06. The molecule has 1 heterocycles. The zero-order chi connectivity index (χ0) is 18.0. The first-order valence-electron chi connectivity index (χ1n) is 8.31. The number of nitro groups is 1. The second-order valence-electron chi connectivity index (χ2n) is 7.18. The minimum absolute atomic E-state index is 0.0274. The molecule has 2 aliphatic carbocycles. The van der Waals surface area contributed by atoms with Crippen molar-refractivity contribution in [3.8, 4) is 0 Å². The van der Waals surface area contributed by atoms with E-state index in [1.54, 1.807) is 13.0 Å². The molecule has 25 heavy (non-hydrogen) atoms. The number of benzene rings is 1. The van der Waals surface area contributed by atoms with Crippen LogP contribution in [0.3, 0.4) is 0 Å². The number of aryl methyl sites for hydroxylation is 1. The summed E-state index contributed by atoms with van der Waals surface area (Å²) in [4.78, 5) is 37.9. The molecule has 2 fully saturated rings. The minimum atomic E-state index is -0.513. The minimum Gasteiger partial charge on any atom is -0.274 e. The second-order valence-corrected chi connectivity index (χ2v) is 7.18. The lowest BCUT2D eigenvalue weighted by atomic mass is 9.85. The molecule has 0 unspecified atom stereocenters. The molecule has 1 aliphatic heterocycles. The largest absolute Gasteiger partial charge is 0.274 e. The van der Waals surface area contributed by atoms with Gasteiger partial charge in [0.2, 0.25) is 11.8 Å². The normalized spacial score (nSPS) is 29.6. The number of nitro benzene ring substituents is 1. The summed E-state index contributed by atoms with van der Waals surface area (Å²) in [6.45, 7) is 5.78. The number of rotatable bonds is 2. The third-order valence-electron chi connectivity index (χ3n) is 5.64. The van der Waals surface area contributed by atoms with Gasteiger partial charge in [-0.2, -0.15) is 0 Å². The molecular formula is C19H18N2O4. The summed E-state index contributed by atoms with van der Waals surface area (Å²) < 4.78 is 0. The molecule has 6 heteroatoms. The molecule has 0 N–H and O–H groups in total. The van der Waals surface area contributed by atoms with Crippen LogP contribution in [0.15, 0.2) is 41.5 Å². The van der Waals surface area contributed by atoms with Gasteiger partial charge in [0.15, 0.2) is 0 Å². The van der Waals surface area contributed by atoms with Gasteiger partial charge in [0.05, 0.1) is 22.4 Å². The van der Waals surface area contributed by atoms with Crippen LogP contribution in [0.25, 0.3) is 0 Å². The van der Waals surface area contributed by atoms with E-state index in [9.17, 15) is 19.7 Å². The predicted octanol–water partition coefficient (Wildman–Crippen LogP) is 3.16. The molecular weight excluding hydrogens is 320 g/mol. The van der Waals surface area contributed by atoms with E-state index in [4.69, 9.17) is 0 Å². The molecule has 1 saturated heterocycles. The Morgan fingerprint density at radius 3 is 2.12 bits per heavy atom. The second kappa shape index (κ2) is 5.12. The molecule has 6 nitrogen and oxygen atoms in total. The van der Waals surface area contributed by atoms with Crippen molar-refractivity contribution in [3.63, 3.8) is 0 Å². The van der Waals surface area contributed by atoms with E-state index >= 15 is 0 Å². The Kier molecular flexibility index (Phi) is 3.22. The molecule has 1 aromatic rings. The number of hydrogen-bond acceptors (Lipinski definition) is 4. The number of carbonyl (C=O) groups excluding carboxylic acids is 2. The first-order valence-corrected chi connectivity index (χ1v) is 8.31. The quantitative estimate of drug-likeness (QED) is 0.359. The van der Waals surface area contributed by atoms with Gasteiger partial charge in [-0.1, -0.05) is 29.4 Å². The van der Waals surface area contributed by atoms with Gasteiger partial charge in [0.25, 0.3) is 5.69 Å². The van der Waals surface area contributed by atoms with Crippen LogP contribution in [-0.2, 0) is 9.59 Å². The topological polar surface area (TPSA) is 80.5 Å². The van der Waals surface area contributed by atoms with E-state index in [1.165, 1.54) is 22.6 Å². The summed E-state index contributed by atoms with van der Waals surface area (Å²) in [6, 6.07) is 4.29. The molecule has 2 amide bonds. The van der Waals surface area contributed by atoms with Crippen LogP contribution in [0.5, 0.6) is 0 Å². The van der Waals surface area contributed by atoms with Gasteiger partial charge >= 0.3 is 0 Å². The van der Waals surface area contributed by atoms with Gasteiger partial charge in [-0.25, -0.2) is 4.90 Å². The van der Waals surface area contributed by atoms with E-state index in [0.29, 0.717) is 11.3 Å². The summed E-state index contributed by atoms with van der Waals surface area (Å²) >= 11 is 0. The lowest BCUT2D eigenvalue weighted by molar-refractivity contribution is -0.384. The molecule has 0 spiro atoms. The fourth-order valence-corrected chi connectivity index (χ4v) is 4.62. The lowest BCUT2D eigenvalue weighted by Gasteiger charge is -2.20. The number of carbonyl (C=O) groups is 2. The SMILES string of the molecule is CC(C)=C1[C@H]2C=C[C@@H]1[C@@H]1C(=O)N(c3cc([N+](=O)[O-])ccc3C)C(=O)[C@H]12. The summed E-state index contributed by atoms with van der Waals surface area (Å²) in [5.41, 5.74) is 3.23. The molecule has 4 atom stereocenters. The smallest absolute Gasteiger partial charge is 0.271 e. The number of non-ortho nitro benzene ring substituents is 1. The van der Waals surface area contributed by atoms with Crippen LogP contribution in [0, 0.1) is 40.7 Å². The number of fused-ring (bicyclic) bond motifs is 5. The third kappa shape index (κ3) is 1.97. The Balaban J connectivity index is 1.79. The van der Waals surface area contributed by atoms with Crippen molar-refractivity contribution in [1.82, 2.24) is 0 Å². The standard InChI is InChI=1S/C19H18N2O4/c1-9(2)15-12-6-7-13(15)17-16(12)18(22)20(19(17)23)14-8-11(21(24)25)5-4-10(14)3/h4-8,12-13,16-17H,1-3H3/t12-,13+,16-,17-/m0/s1. The van der Waals surface area contributed by atoms with Crippen LogP contribution < -0.4 is 4.90 Å².